The van der Waals surface area contributed by atoms with Gasteiger partial charge in [-0.25, -0.2) is 13.8 Å². The average molecular weight is 509 g/mol. The van der Waals surface area contributed by atoms with Crippen LogP contribution in [-0.2, 0) is 13.1 Å². The van der Waals surface area contributed by atoms with Crippen LogP contribution in [0.5, 0.6) is 0 Å². The molecule has 1 aliphatic carbocycles. The van der Waals surface area contributed by atoms with Crippen molar-refractivity contribution in [2.24, 2.45) is 5.41 Å². The number of nitriles is 1. The van der Waals surface area contributed by atoms with Crippen LogP contribution in [0.15, 0.2) is 30.3 Å². The Morgan fingerprint density at radius 2 is 1.81 bits per heavy atom. The third-order valence-electron chi connectivity index (χ3n) is 7.70. The van der Waals surface area contributed by atoms with Crippen LogP contribution in [0.4, 0.5) is 20.5 Å². The maximum absolute atomic E-state index is 14.6. The number of hydrogen-bond acceptors (Lipinski definition) is 7. The van der Waals surface area contributed by atoms with Crippen molar-refractivity contribution in [2.75, 3.05) is 42.5 Å². The minimum absolute atomic E-state index is 0.0986. The van der Waals surface area contributed by atoms with Gasteiger partial charge in [-0.15, -0.1) is 10.2 Å². The van der Waals surface area contributed by atoms with Crippen molar-refractivity contribution in [3.05, 3.63) is 58.3 Å². The Labute approximate surface area is 211 Å². The monoisotopic (exact) mass is 508 g/mol. The first-order valence-corrected chi connectivity index (χ1v) is 12.4. The van der Waals surface area contributed by atoms with Gasteiger partial charge in [0.25, 0.3) is 0 Å². The standard InChI is InChI=1S/C25H23ClF2N8/c26-17-1-3-20-16(7-17)9-33(15-25(28)5-6-25)10-22-31-32-23(36(20)22)35-13-24(14-35)11-34(12-24)21-4-2-18(27)19(8-29)30-21/h1-4,7H,5-6,9-15H2. The second kappa shape index (κ2) is 7.60. The summed E-state index contributed by atoms with van der Waals surface area (Å²) in [5.41, 5.74) is 0.845. The number of rotatable bonds is 4. The molecule has 36 heavy (non-hydrogen) atoms. The van der Waals surface area contributed by atoms with Crippen molar-refractivity contribution in [2.45, 2.75) is 31.6 Å². The van der Waals surface area contributed by atoms with Crippen molar-refractivity contribution in [1.29, 1.82) is 5.26 Å². The van der Waals surface area contributed by atoms with Gasteiger partial charge in [-0.05, 0) is 48.7 Å². The van der Waals surface area contributed by atoms with Gasteiger partial charge in [0, 0.05) is 49.7 Å². The first-order valence-electron chi connectivity index (χ1n) is 12.0. The first-order chi connectivity index (χ1) is 17.3. The normalized spacial score (nSPS) is 21.2. The van der Waals surface area contributed by atoms with Crippen LogP contribution in [0, 0.1) is 22.6 Å². The van der Waals surface area contributed by atoms with E-state index in [4.69, 9.17) is 16.9 Å². The lowest BCUT2D eigenvalue weighted by Crippen LogP contribution is -2.73. The van der Waals surface area contributed by atoms with Crippen LogP contribution in [0.2, 0.25) is 5.02 Å². The molecule has 7 rings (SSSR count). The summed E-state index contributed by atoms with van der Waals surface area (Å²) >= 11 is 6.33. The summed E-state index contributed by atoms with van der Waals surface area (Å²) in [6.45, 7) is 4.71. The summed E-state index contributed by atoms with van der Waals surface area (Å²) in [5, 5.41) is 18.8. The van der Waals surface area contributed by atoms with Gasteiger partial charge in [0.2, 0.25) is 5.95 Å². The Bertz CT molecular complexity index is 1410. The van der Waals surface area contributed by atoms with E-state index in [0.29, 0.717) is 43.3 Å². The van der Waals surface area contributed by atoms with Crippen molar-refractivity contribution in [3.63, 3.8) is 0 Å². The summed E-state index contributed by atoms with van der Waals surface area (Å²) in [4.78, 5) is 10.5. The lowest BCUT2D eigenvalue weighted by Gasteiger charge is -2.60. The van der Waals surface area contributed by atoms with Gasteiger partial charge in [-0.1, -0.05) is 11.6 Å². The highest BCUT2D eigenvalue weighted by atomic mass is 35.5. The molecular weight excluding hydrogens is 486 g/mol. The molecule has 0 amide bonds. The molecule has 1 spiro atoms. The number of halogens is 3. The third kappa shape index (κ3) is 3.52. The molecule has 11 heteroatoms. The second-order valence-corrected chi connectivity index (χ2v) is 11.1. The minimum Gasteiger partial charge on any atom is -0.355 e. The quantitative estimate of drug-likeness (QED) is 0.534. The molecule has 0 N–H and O–H groups in total. The van der Waals surface area contributed by atoms with Gasteiger partial charge in [0.15, 0.2) is 17.3 Å². The number of aromatic nitrogens is 4. The highest BCUT2D eigenvalue weighted by molar-refractivity contribution is 6.30. The second-order valence-electron chi connectivity index (χ2n) is 10.6. The largest absolute Gasteiger partial charge is 0.355 e. The van der Waals surface area contributed by atoms with Gasteiger partial charge in [-0.3, -0.25) is 9.47 Å². The molecule has 3 aliphatic heterocycles. The molecule has 0 radical (unpaired) electrons. The summed E-state index contributed by atoms with van der Waals surface area (Å²) < 4.78 is 30.4. The molecule has 8 nitrogen and oxygen atoms in total. The molecule has 1 saturated carbocycles. The molecule has 184 valence electrons. The Balaban J connectivity index is 1.12. The molecule has 4 aliphatic rings. The number of alkyl halides is 1. The van der Waals surface area contributed by atoms with Gasteiger partial charge in [0.1, 0.15) is 17.6 Å². The van der Waals surface area contributed by atoms with Crippen LogP contribution in [0.3, 0.4) is 0 Å². The molecule has 0 unspecified atom stereocenters. The predicted molar refractivity (Wildman–Crippen MR) is 129 cm³/mol. The molecule has 2 aromatic heterocycles. The van der Waals surface area contributed by atoms with Crippen molar-refractivity contribution >= 4 is 23.4 Å². The van der Waals surface area contributed by atoms with Crippen LogP contribution in [0.1, 0.15) is 29.9 Å². The SMILES string of the molecule is N#Cc1nc(N2CC3(C2)CN(c2nnc4n2-c2ccc(Cl)cc2CN(CC2(F)CC2)C4)C3)ccc1F. The number of hydrogen-bond donors (Lipinski definition) is 0. The molecule has 5 heterocycles. The molecule has 2 saturated heterocycles. The average Bonchev–Trinajstić information content (AvgIpc) is 3.43. The van der Waals surface area contributed by atoms with Gasteiger partial charge in [-0.2, -0.15) is 5.26 Å². The van der Waals surface area contributed by atoms with Crippen molar-refractivity contribution < 1.29 is 8.78 Å². The smallest absolute Gasteiger partial charge is 0.231 e. The zero-order chi connectivity index (χ0) is 24.7. The van der Waals surface area contributed by atoms with Crippen LogP contribution >= 0.6 is 11.6 Å². The van der Waals surface area contributed by atoms with Gasteiger partial charge < -0.3 is 9.80 Å². The Hall–Kier alpha value is -3.29. The zero-order valence-electron chi connectivity index (χ0n) is 19.5. The van der Waals surface area contributed by atoms with E-state index >= 15 is 0 Å². The van der Waals surface area contributed by atoms with Gasteiger partial charge in [0.05, 0.1) is 12.2 Å². The third-order valence-corrected chi connectivity index (χ3v) is 7.94. The van der Waals surface area contributed by atoms with Crippen molar-refractivity contribution in [1.82, 2.24) is 24.6 Å². The fourth-order valence-electron chi connectivity index (χ4n) is 5.78. The Kier molecular flexibility index (Phi) is 4.64. The number of fused-ring (bicyclic) bond motifs is 3. The maximum atomic E-state index is 14.6. The van der Waals surface area contributed by atoms with E-state index in [1.54, 1.807) is 12.1 Å². The van der Waals surface area contributed by atoms with E-state index in [0.717, 1.165) is 49.2 Å². The van der Waals surface area contributed by atoms with E-state index in [1.165, 1.54) is 6.07 Å². The zero-order valence-corrected chi connectivity index (χ0v) is 20.2. The lowest BCUT2D eigenvalue weighted by atomic mass is 9.73. The summed E-state index contributed by atoms with van der Waals surface area (Å²) in [5.74, 6) is 1.61. The fourth-order valence-corrected chi connectivity index (χ4v) is 5.97. The highest BCUT2D eigenvalue weighted by Crippen LogP contribution is 2.45. The highest BCUT2D eigenvalue weighted by Gasteiger charge is 2.53. The van der Waals surface area contributed by atoms with Crippen LogP contribution in [-0.4, -0.2) is 63.0 Å². The molecule has 0 bridgehead atoms. The Morgan fingerprint density at radius 1 is 1.03 bits per heavy atom. The van der Waals surface area contributed by atoms with E-state index < -0.39 is 11.5 Å². The molecular formula is C25H23ClF2N8. The number of nitrogens with zero attached hydrogens (tertiary/aromatic N) is 8. The first kappa shape index (κ1) is 21.9. The van der Waals surface area contributed by atoms with Crippen LogP contribution in [0.25, 0.3) is 5.69 Å². The van der Waals surface area contributed by atoms with Crippen molar-refractivity contribution in [3.8, 4) is 11.8 Å². The molecule has 3 fully saturated rings. The summed E-state index contributed by atoms with van der Waals surface area (Å²) in [6, 6.07) is 10.5. The maximum Gasteiger partial charge on any atom is 0.231 e. The van der Waals surface area contributed by atoms with E-state index in [9.17, 15) is 8.78 Å². The summed E-state index contributed by atoms with van der Waals surface area (Å²) in [6.07, 6.45) is 1.23. The molecule has 0 atom stereocenters. The topological polar surface area (TPSA) is 77.1 Å². The number of benzene rings is 1. The number of anilines is 2. The van der Waals surface area contributed by atoms with E-state index in [2.05, 4.69) is 34.4 Å². The van der Waals surface area contributed by atoms with Gasteiger partial charge >= 0.3 is 0 Å². The minimum atomic E-state index is -1.09. The molecule has 1 aromatic carbocycles. The lowest BCUT2D eigenvalue weighted by molar-refractivity contribution is 0.153. The van der Waals surface area contributed by atoms with Crippen LogP contribution < -0.4 is 9.80 Å². The number of pyridine rings is 1. The Morgan fingerprint density at radius 3 is 2.56 bits per heavy atom. The molecule has 3 aromatic rings. The van der Waals surface area contributed by atoms with E-state index in [1.807, 2.05) is 18.2 Å². The predicted octanol–water partition coefficient (Wildman–Crippen LogP) is 3.47. The fraction of sp³-hybridized carbons (Fsp3) is 0.440. The van der Waals surface area contributed by atoms with E-state index in [-0.39, 0.29) is 11.1 Å². The summed E-state index contributed by atoms with van der Waals surface area (Å²) in [7, 11) is 0.